The lowest BCUT2D eigenvalue weighted by molar-refractivity contribution is -0.207. The number of carbonyl (C=O) groups is 2. The Morgan fingerprint density at radius 2 is 1.58 bits per heavy atom. The van der Waals surface area contributed by atoms with E-state index in [-0.39, 0.29) is 58.4 Å². The van der Waals surface area contributed by atoms with Gasteiger partial charge in [-0.15, -0.1) is 0 Å². The fraction of sp³-hybridized carbons (Fsp3) is 0.622. The maximum absolute atomic E-state index is 12.9. The summed E-state index contributed by atoms with van der Waals surface area (Å²) >= 11 is 0. The molecule has 2 aromatic carbocycles. The quantitative estimate of drug-likeness (QED) is 0.287. The van der Waals surface area contributed by atoms with Crippen molar-refractivity contribution in [2.24, 2.45) is 46.3 Å². The Hall–Kier alpha value is -2.54. The van der Waals surface area contributed by atoms with Crippen LogP contribution in [0.25, 0.3) is 0 Å². The van der Waals surface area contributed by atoms with Crippen LogP contribution < -0.4 is 5.32 Å². The third-order valence-electron chi connectivity index (χ3n) is 12.8. The van der Waals surface area contributed by atoms with E-state index in [0.29, 0.717) is 35.1 Å². The first-order valence-electron chi connectivity index (χ1n) is 16.6. The molecular formula is C37H49NO5. The van der Waals surface area contributed by atoms with Crippen molar-refractivity contribution < 1.29 is 24.9 Å². The molecule has 0 spiro atoms. The number of aliphatic hydroxyl groups excluding tert-OH is 3. The zero-order valence-electron chi connectivity index (χ0n) is 25.9. The molecule has 4 fully saturated rings. The number of hydrogen-bond donors (Lipinski definition) is 4. The highest BCUT2D eigenvalue weighted by atomic mass is 16.3. The highest BCUT2D eigenvalue weighted by Crippen LogP contribution is 2.68. The first kappa shape index (κ1) is 30.5. The summed E-state index contributed by atoms with van der Waals surface area (Å²) in [6.45, 7) is 6.85. The second-order valence-corrected chi connectivity index (χ2v) is 14.9. The van der Waals surface area contributed by atoms with Crippen LogP contribution in [0, 0.1) is 46.3 Å². The number of rotatable bonds is 7. The minimum Gasteiger partial charge on any atom is -0.393 e. The van der Waals surface area contributed by atoms with Gasteiger partial charge in [-0.25, -0.2) is 0 Å². The van der Waals surface area contributed by atoms with E-state index >= 15 is 0 Å². The molecule has 11 atom stereocenters. The summed E-state index contributed by atoms with van der Waals surface area (Å²) < 4.78 is 0. The lowest BCUT2D eigenvalue weighted by Gasteiger charge is -2.63. The van der Waals surface area contributed by atoms with Crippen LogP contribution in [0.15, 0.2) is 54.6 Å². The average Bonchev–Trinajstić information content (AvgIpc) is 3.36. The maximum Gasteiger partial charge on any atom is 0.224 e. The van der Waals surface area contributed by atoms with Crippen molar-refractivity contribution in [2.75, 3.05) is 5.32 Å². The normalized spacial score (nSPS) is 39.2. The number of ketones is 1. The second kappa shape index (κ2) is 11.8. The Balaban J connectivity index is 1.07. The molecule has 6 rings (SSSR count). The van der Waals surface area contributed by atoms with Gasteiger partial charge in [0.1, 0.15) is 0 Å². The highest BCUT2D eigenvalue weighted by molar-refractivity contribution is 6.09. The predicted octanol–water partition coefficient (Wildman–Crippen LogP) is 6.23. The van der Waals surface area contributed by atoms with Crippen LogP contribution in [0.3, 0.4) is 0 Å². The number of benzene rings is 2. The molecule has 1 amide bonds. The summed E-state index contributed by atoms with van der Waals surface area (Å²) in [5, 5.41) is 36.7. The molecule has 6 heteroatoms. The molecule has 0 bridgehead atoms. The third-order valence-corrected chi connectivity index (χ3v) is 12.8. The Kier molecular flexibility index (Phi) is 8.33. The van der Waals surface area contributed by atoms with Gasteiger partial charge in [-0.3, -0.25) is 9.59 Å². The lowest BCUT2D eigenvalue weighted by Crippen LogP contribution is -2.62. The van der Waals surface area contributed by atoms with Crippen molar-refractivity contribution in [3.8, 4) is 0 Å². The molecule has 4 aliphatic rings. The van der Waals surface area contributed by atoms with Crippen molar-refractivity contribution in [1.29, 1.82) is 0 Å². The zero-order valence-corrected chi connectivity index (χ0v) is 25.9. The van der Waals surface area contributed by atoms with E-state index in [1.807, 2.05) is 18.2 Å². The van der Waals surface area contributed by atoms with Gasteiger partial charge in [0, 0.05) is 23.2 Å². The number of aliphatic hydroxyl groups is 3. The molecule has 43 heavy (non-hydrogen) atoms. The Bertz CT molecular complexity index is 1310. The van der Waals surface area contributed by atoms with Crippen LogP contribution in [0.5, 0.6) is 0 Å². The molecule has 0 saturated heterocycles. The minimum absolute atomic E-state index is 0.0425. The maximum atomic E-state index is 12.9. The zero-order chi connectivity index (χ0) is 30.5. The fourth-order valence-electron chi connectivity index (χ4n) is 10.4. The average molecular weight is 588 g/mol. The molecule has 8 unspecified atom stereocenters. The highest BCUT2D eigenvalue weighted by Gasteiger charge is 2.65. The number of hydrogen-bond acceptors (Lipinski definition) is 5. The van der Waals surface area contributed by atoms with Gasteiger partial charge in [0.05, 0.1) is 18.3 Å². The van der Waals surface area contributed by atoms with Gasteiger partial charge in [0.2, 0.25) is 5.91 Å². The fourth-order valence-corrected chi connectivity index (χ4v) is 10.4. The molecule has 0 aromatic heterocycles. The number of carbonyl (C=O) groups excluding carboxylic acids is 2. The largest absolute Gasteiger partial charge is 0.393 e. The standard InChI is InChI=1S/C37H49NO5/c1-22(9-16-33(42)38-26-12-10-24(11-13-26)35(43)23-7-5-4-6-8-23)28-14-15-29-34-30(21-32(41)37(28,29)3)36(2)18-17-27(39)19-25(36)20-31(34)40/h4-8,10-13,22,25,27-32,34,39-41H,9,14-21H2,1-3H3,(H,38,42)/t22-,25?,27-,28?,29?,30?,31?,32+,34?,36?,37?/m1/s1. The second-order valence-electron chi connectivity index (χ2n) is 14.9. The monoisotopic (exact) mass is 587 g/mol. The molecule has 0 heterocycles. The number of nitrogens with one attached hydrogen (secondary N) is 1. The van der Waals surface area contributed by atoms with Gasteiger partial charge < -0.3 is 20.6 Å². The van der Waals surface area contributed by atoms with Crippen molar-refractivity contribution in [3.63, 3.8) is 0 Å². The van der Waals surface area contributed by atoms with Crippen LogP contribution in [-0.4, -0.2) is 45.3 Å². The van der Waals surface area contributed by atoms with Gasteiger partial charge in [-0.05, 0) is 122 Å². The smallest absolute Gasteiger partial charge is 0.224 e. The number of amides is 1. The summed E-state index contributed by atoms with van der Waals surface area (Å²) in [6, 6.07) is 16.2. The molecule has 0 radical (unpaired) electrons. The van der Waals surface area contributed by atoms with Crippen molar-refractivity contribution >= 4 is 17.4 Å². The van der Waals surface area contributed by atoms with Gasteiger partial charge >= 0.3 is 0 Å². The topological polar surface area (TPSA) is 107 Å². The molecule has 4 saturated carbocycles. The Labute approximate surface area is 256 Å². The molecule has 232 valence electrons. The Morgan fingerprint density at radius 3 is 2.30 bits per heavy atom. The van der Waals surface area contributed by atoms with E-state index in [4.69, 9.17) is 0 Å². The molecule has 4 aliphatic carbocycles. The van der Waals surface area contributed by atoms with Crippen molar-refractivity contribution in [2.45, 2.75) is 96.9 Å². The SMILES string of the molecule is C[C@H](CCC(=O)Nc1ccc(C(=O)c2ccccc2)cc1)C1CCC2C3C(O)CC4C[C@H](O)CCC4(C)C3C[C@H](O)C21C. The first-order chi connectivity index (χ1) is 20.5. The van der Waals surface area contributed by atoms with Crippen molar-refractivity contribution in [3.05, 3.63) is 65.7 Å². The van der Waals surface area contributed by atoms with E-state index in [2.05, 4.69) is 26.1 Å². The van der Waals surface area contributed by atoms with Gasteiger partial charge in [-0.1, -0.05) is 51.1 Å². The van der Waals surface area contributed by atoms with Gasteiger partial charge in [0.25, 0.3) is 0 Å². The van der Waals surface area contributed by atoms with Gasteiger partial charge in [-0.2, -0.15) is 0 Å². The third kappa shape index (κ3) is 5.38. The van der Waals surface area contributed by atoms with Crippen LogP contribution in [-0.2, 0) is 4.79 Å². The molecule has 4 N–H and O–H groups in total. The molecule has 2 aromatic rings. The summed E-state index contributed by atoms with van der Waals surface area (Å²) in [5.74, 6) is 1.57. The predicted molar refractivity (Wildman–Crippen MR) is 167 cm³/mol. The molecule has 6 nitrogen and oxygen atoms in total. The van der Waals surface area contributed by atoms with E-state index < -0.39 is 6.10 Å². The van der Waals surface area contributed by atoms with Crippen LogP contribution in [0.4, 0.5) is 5.69 Å². The summed E-state index contributed by atoms with van der Waals surface area (Å²) in [4.78, 5) is 25.6. The lowest BCUT2D eigenvalue weighted by atomic mass is 9.43. The summed E-state index contributed by atoms with van der Waals surface area (Å²) in [6.07, 6.45) is 6.17. The molecule has 0 aliphatic heterocycles. The molecular weight excluding hydrogens is 538 g/mol. The van der Waals surface area contributed by atoms with E-state index in [1.165, 1.54) is 0 Å². The van der Waals surface area contributed by atoms with Crippen LogP contribution in [0.2, 0.25) is 0 Å². The van der Waals surface area contributed by atoms with Crippen LogP contribution in [0.1, 0.15) is 94.5 Å². The first-order valence-corrected chi connectivity index (χ1v) is 16.6. The number of anilines is 1. The number of fused-ring (bicyclic) bond motifs is 5. The van der Waals surface area contributed by atoms with Gasteiger partial charge in [0.15, 0.2) is 5.78 Å². The summed E-state index contributed by atoms with van der Waals surface area (Å²) in [7, 11) is 0. The van der Waals surface area contributed by atoms with E-state index in [9.17, 15) is 24.9 Å². The van der Waals surface area contributed by atoms with E-state index in [0.717, 1.165) is 51.4 Å². The van der Waals surface area contributed by atoms with E-state index in [1.54, 1.807) is 36.4 Å². The summed E-state index contributed by atoms with van der Waals surface area (Å²) in [5.41, 5.74) is 1.71. The Morgan fingerprint density at radius 1 is 0.884 bits per heavy atom. The van der Waals surface area contributed by atoms with Crippen LogP contribution >= 0.6 is 0 Å². The van der Waals surface area contributed by atoms with Crippen molar-refractivity contribution in [1.82, 2.24) is 0 Å². The minimum atomic E-state index is -0.422.